The second-order valence-corrected chi connectivity index (χ2v) is 24.1. The number of methoxy groups -OCH3 is 1. The van der Waals surface area contributed by atoms with E-state index >= 15 is 0 Å². The van der Waals surface area contributed by atoms with E-state index in [-0.39, 0.29) is 45.6 Å². The number of allylic oxidation sites excluding steroid dienone is 1. The number of rotatable bonds is 45. The molecule has 0 saturated heterocycles. The summed E-state index contributed by atoms with van der Waals surface area (Å²) >= 11 is 0. The van der Waals surface area contributed by atoms with Crippen molar-refractivity contribution in [3.05, 3.63) is 275 Å². The summed E-state index contributed by atoms with van der Waals surface area (Å²) in [7, 11) is 1.19. The van der Waals surface area contributed by atoms with Gasteiger partial charge in [-0.15, -0.1) is 6.58 Å². The van der Waals surface area contributed by atoms with Gasteiger partial charge in [0, 0.05) is 6.42 Å². The first kappa shape index (κ1) is 84.0. The SMILES string of the molecule is C=CCCCCCCCCOC(OC)C(OC(C)=O)C(OC(O)C(O)=BC(OC(=O)c1ccccc1)C(CCOC(=O)c1ccccc1)OC(=O)c1ccccc1)C(CCOC(O)/C(OC(=O)c1ccccc1)=C(/OC(=O)c1ccccc1)C(CCOC(=O)c1ccccc1)OC(=O)c1ccccc1)OC(C)=O. The van der Waals surface area contributed by atoms with Gasteiger partial charge in [0.1, 0.15) is 0 Å². The van der Waals surface area contributed by atoms with Crippen LogP contribution < -0.4 is 0 Å². The van der Waals surface area contributed by atoms with Crippen LogP contribution >= 0.6 is 0 Å². The first-order valence-corrected chi connectivity index (χ1v) is 35.0. The Morgan fingerprint density at radius 2 is 0.787 bits per heavy atom. The summed E-state index contributed by atoms with van der Waals surface area (Å²) < 4.78 is 77.4. The summed E-state index contributed by atoms with van der Waals surface area (Å²) in [6.45, 7) is 4.65. The quantitative estimate of drug-likeness (QED) is 0.00607. The molecule has 9 atom stereocenters. The zero-order valence-corrected chi connectivity index (χ0v) is 60.0. The molecule has 7 aromatic rings. The maximum atomic E-state index is 14.4. The van der Waals surface area contributed by atoms with Gasteiger partial charge in [0.05, 0.1) is 28.9 Å². The number of ether oxygens (including phenoxy) is 13. The van der Waals surface area contributed by atoms with E-state index in [1.54, 1.807) is 91.0 Å². The Morgan fingerprint density at radius 3 is 1.23 bits per heavy atom. The zero-order chi connectivity index (χ0) is 77.4. The van der Waals surface area contributed by atoms with E-state index in [4.69, 9.17) is 61.6 Å². The first-order valence-electron chi connectivity index (χ1n) is 35.0. The van der Waals surface area contributed by atoms with Crippen LogP contribution in [0, 0.1) is 0 Å². The van der Waals surface area contributed by atoms with Crippen LogP contribution in [0.25, 0.3) is 0 Å². The summed E-state index contributed by atoms with van der Waals surface area (Å²) in [4.78, 5) is 125. The van der Waals surface area contributed by atoms with E-state index in [1.165, 1.54) is 128 Å². The number of hydrogen-bond donors (Lipinski definition) is 3. The molecule has 0 amide bonds. The Hall–Kier alpha value is -11.3. The summed E-state index contributed by atoms with van der Waals surface area (Å²) in [5.74, 6) is -10.8. The van der Waals surface area contributed by atoms with Gasteiger partial charge in [0.2, 0.25) is 0 Å². The van der Waals surface area contributed by atoms with Crippen molar-refractivity contribution in [3.63, 3.8) is 0 Å². The molecule has 0 spiro atoms. The molecule has 7 rings (SSSR count). The van der Waals surface area contributed by atoms with Crippen LogP contribution in [0.4, 0.5) is 0 Å². The Kier molecular flexibility index (Phi) is 35.8. The standard InChI is InChI=1S/C82H87BO25/c1-5-6-7-8-9-10-11-33-51-100-82(96-4)70(102-56(3)85)68(106-81(95)71(86)83-72(108-79(93)63-46-31-18-32-47-63)66(104-76(90)60-40-25-15-26-41-60)50-54-98-74(88)58-36-21-13-22-37-58)64(101-55(2)84)48-53-99-80(94)69(107-78(92)62-44-29-17-30-45-62)67(105-77(91)61-42-27-16-28-43-61)65(103-75(89)59-38-23-14-24-39-59)49-52-97-73(87)57-34-19-12-20-35-57/h5,12-32,34-47,64-66,68,70,72,80-82,86,94-95H,1,6-11,33,48-54H2,2-4H3/b69-67-. The first-order chi connectivity index (χ1) is 52.3. The number of aliphatic hydroxyl groups is 3. The van der Waals surface area contributed by atoms with E-state index in [2.05, 4.69) is 6.58 Å². The number of unbranched alkanes of at least 4 members (excludes halogenated alkanes) is 6. The number of carbonyl (C=O) groups excluding carboxylic acids is 9. The van der Waals surface area contributed by atoms with Crippen LogP contribution in [-0.2, 0) is 71.2 Å². The third kappa shape index (κ3) is 28.2. The van der Waals surface area contributed by atoms with Crippen molar-refractivity contribution in [2.45, 2.75) is 133 Å². The average molecular weight is 1480 g/mol. The Morgan fingerprint density at radius 1 is 0.398 bits per heavy atom. The predicted molar refractivity (Wildman–Crippen MR) is 391 cm³/mol. The third-order valence-electron chi connectivity index (χ3n) is 16.0. The van der Waals surface area contributed by atoms with E-state index in [1.807, 2.05) is 6.08 Å². The van der Waals surface area contributed by atoms with Crippen LogP contribution in [0.1, 0.15) is 151 Å². The van der Waals surface area contributed by atoms with Crippen molar-refractivity contribution in [2.75, 3.05) is 33.5 Å². The fraction of sp³-hybridized carbons (Fsp3) is 0.317. The molecule has 0 radical (unpaired) electrons. The second kappa shape index (κ2) is 46.0. The van der Waals surface area contributed by atoms with Crippen molar-refractivity contribution in [3.8, 4) is 0 Å². The molecule has 0 aliphatic heterocycles. The van der Waals surface area contributed by atoms with E-state index < -0.39 is 165 Å². The number of carbonyl (C=O) groups is 9. The van der Waals surface area contributed by atoms with Gasteiger partial charge < -0.3 is 9.47 Å². The number of benzene rings is 7. The Bertz CT molecular complexity index is 4040. The predicted octanol–water partition coefficient (Wildman–Crippen LogP) is 11.4. The molecule has 0 aromatic heterocycles. The molecule has 0 aliphatic rings. The molecule has 568 valence electrons. The molecule has 0 saturated carbocycles. The van der Waals surface area contributed by atoms with Crippen LogP contribution in [0.2, 0.25) is 0 Å². The van der Waals surface area contributed by atoms with E-state index in [0.29, 0.717) is 12.8 Å². The van der Waals surface area contributed by atoms with Crippen molar-refractivity contribution in [1.82, 2.24) is 0 Å². The summed E-state index contributed by atoms with van der Waals surface area (Å²) in [5.41, 5.74) is -1.05. The second-order valence-electron chi connectivity index (χ2n) is 24.1. The molecular weight excluding hydrogens is 1400 g/mol. The zero-order valence-electron chi connectivity index (χ0n) is 60.0. The van der Waals surface area contributed by atoms with Gasteiger partial charge in [-0.2, -0.15) is 0 Å². The van der Waals surface area contributed by atoms with Crippen LogP contribution in [-0.4, -0.2) is 171 Å². The van der Waals surface area contributed by atoms with E-state index in [0.717, 1.165) is 52.9 Å². The van der Waals surface area contributed by atoms with Crippen LogP contribution in [0.15, 0.2) is 236 Å². The molecule has 9 unspecified atom stereocenters. The normalized spacial score (nSPS) is 13.9. The molecule has 0 bridgehead atoms. The molecule has 0 fully saturated rings. The van der Waals surface area contributed by atoms with Gasteiger partial charge >= 0.3 is 412 Å². The molecule has 3 N–H and O–H groups in total. The van der Waals surface area contributed by atoms with Gasteiger partial charge in [-0.25, -0.2) is 19.2 Å². The molecule has 108 heavy (non-hydrogen) atoms. The van der Waals surface area contributed by atoms with Crippen LogP contribution in [0.3, 0.4) is 0 Å². The molecule has 0 aliphatic carbocycles. The molecule has 26 heteroatoms. The van der Waals surface area contributed by atoms with Crippen LogP contribution in [0.5, 0.6) is 0 Å². The summed E-state index contributed by atoms with van der Waals surface area (Å²) in [6.07, 6.45) is -10.3. The molecule has 7 aromatic carbocycles. The fourth-order valence-corrected chi connectivity index (χ4v) is 10.7. The molecular formula is C82H87BO25. The summed E-state index contributed by atoms with van der Waals surface area (Å²) in [6, 6.07) is 51.3. The molecule has 0 heterocycles. The van der Waals surface area contributed by atoms with Gasteiger partial charge in [-0.05, 0) is 61.4 Å². The Labute approximate surface area is 626 Å². The number of hydrogen-bond acceptors (Lipinski definition) is 25. The molecule has 25 nitrogen and oxygen atoms in total. The average Bonchev–Trinajstić information content (AvgIpc) is 0.822. The minimum atomic E-state index is -2.63. The topological polar surface area (TPSA) is 334 Å². The number of esters is 9. The van der Waals surface area contributed by atoms with Crippen molar-refractivity contribution >= 4 is 66.3 Å². The van der Waals surface area contributed by atoms with Gasteiger partial charge in [-0.3, -0.25) is 0 Å². The van der Waals surface area contributed by atoms with Crippen molar-refractivity contribution in [2.24, 2.45) is 0 Å². The maximum absolute atomic E-state index is 14.4. The fourth-order valence-electron chi connectivity index (χ4n) is 10.7. The van der Waals surface area contributed by atoms with Crippen molar-refractivity contribution in [1.29, 1.82) is 0 Å². The third-order valence-corrected chi connectivity index (χ3v) is 16.0. The Balaban J connectivity index is 1.32. The number of aliphatic hydroxyl groups excluding tert-OH is 3. The monoisotopic (exact) mass is 1480 g/mol. The van der Waals surface area contributed by atoms with E-state index in [9.17, 15) is 58.5 Å². The van der Waals surface area contributed by atoms with Crippen molar-refractivity contribution < 1.29 is 120 Å². The summed E-state index contributed by atoms with van der Waals surface area (Å²) in [5, 5.41) is 37.1. The minimum absolute atomic E-state index is 0.0136. The van der Waals surface area contributed by atoms with Gasteiger partial charge in [0.15, 0.2) is 0 Å². The van der Waals surface area contributed by atoms with Gasteiger partial charge in [-0.1, -0.05) is 85.3 Å². The van der Waals surface area contributed by atoms with Gasteiger partial charge in [0.25, 0.3) is 0 Å².